The molecular formula is C28H45NO7. The van der Waals surface area contributed by atoms with Crippen LogP contribution in [0.1, 0.15) is 77.1 Å². The van der Waals surface area contributed by atoms with E-state index in [-0.39, 0.29) is 24.5 Å². The Morgan fingerprint density at radius 3 is 2.06 bits per heavy atom. The van der Waals surface area contributed by atoms with Crippen LogP contribution in [0.3, 0.4) is 0 Å². The van der Waals surface area contributed by atoms with Crippen molar-refractivity contribution in [3.05, 3.63) is 53.6 Å². The number of methoxy groups -OCH3 is 1. The van der Waals surface area contributed by atoms with Gasteiger partial charge in [-0.1, -0.05) is 30.7 Å². The van der Waals surface area contributed by atoms with Crippen molar-refractivity contribution in [2.24, 2.45) is 0 Å². The third kappa shape index (κ3) is 18.2. The van der Waals surface area contributed by atoms with Gasteiger partial charge in [0, 0.05) is 12.1 Å². The van der Waals surface area contributed by atoms with Crippen LogP contribution in [0.15, 0.2) is 48.1 Å². The molecule has 0 unspecified atom stereocenters. The largest absolute Gasteiger partial charge is 0.494 e. The average Bonchev–Trinajstić information content (AvgIpc) is 2.83. The van der Waals surface area contributed by atoms with E-state index in [9.17, 15) is 4.79 Å². The zero-order chi connectivity index (χ0) is 27.8. The molecule has 0 fully saturated rings. The number of benzene rings is 1. The van der Waals surface area contributed by atoms with Crippen molar-refractivity contribution < 1.29 is 34.1 Å². The summed E-state index contributed by atoms with van der Waals surface area (Å²) < 4.78 is 10.5. The fourth-order valence-corrected chi connectivity index (χ4v) is 3.35. The first kappa shape index (κ1) is 35.0. The first-order valence-electron chi connectivity index (χ1n) is 12.2. The number of nitrogens with zero attached hydrogens (tertiary/aromatic N) is 1. The quantitative estimate of drug-likeness (QED) is 0.148. The summed E-state index contributed by atoms with van der Waals surface area (Å²) in [6.07, 6.45) is 12.2. The second-order valence-electron chi connectivity index (χ2n) is 8.73. The maximum Gasteiger partial charge on any atom is 0.337 e. The number of carbonyl (C=O) groups excluding carboxylic acids is 1. The van der Waals surface area contributed by atoms with E-state index in [0.717, 1.165) is 44.5 Å². The van der Waals surface area contributed by atoms with Crippen LogP contribution in [0.25, 0.3) is 0 Å². The van der Waals surface area contributed by atoms with Gasteiger partial charge in [-0.3, -0.25) is 14.5 Å². The van der Waals surface area contributed by atoms with E-state index < -0.39 is 0 Å². The number of allylic oxidation sites excluding steroid dienone is 3. The van der Waals surface area contributed by atoms with Crippen molar-refractivity contribution in [1.82, 2.24) is 4.90 Å². The van der Waals surface area contributed by atoms with Gasteiger partial charge < -0.3 is 19.7 Å². The summed E-state index contributed by atoms with van der Waals surface area (Å²) in [4.78, 5) is 30.8. The molecule has 0 saturated heterocycles. The molecule has 0 spiro atoms. The molecule has 0 radical (unpaired) electrons. The van der Waals surface area contributed by atoms with Crippen molar-refractivity contribution in [3.63, 3.8) is 0 Å². The van der Waals surface area contributed by atoms with Gasteiger partial charge >= 0.3 is 5.97 Å². The zero-order valence-electron chi connectivity index (χ0n) is 22.7. The van der Waals surface area contributed by atoms with Crippen LogP contribution in [0.2, 0.25) is 0 Å². The highest BCUT2D eigenvalue weighted by Crippen LogP contribution is 2.18. The lowest BCUT2D eigenvalue weighted by Crippen LogP contribution is -2.42. The number of esters is 1. The van der Waals surface area contributed by atoms with Crippen LogP contribution in [0.5, 0.6) is 5.75 Å². The Labute approximate surface area is 216 Å². The molecule has 1 aromatic rings. The number of carbonyl (C=O) groups is 3. The molecule has 1 rings (SSSR count). The van der Waals surface area contributed by atoms with Crippen LogP contribution < -0.4 is 4.74 Å². The van der Waals surface area contributed by atoms with E-state index in [4.69, 9.17) is 29.3 Å². The van der Waals surface area contributed by atoms with Crippen LogP contribution in [0, 0.1) is 0 Å². The topological polar surface area (TPSA) is 113 Å². The van der Waals surface area contributed by atoms with Gasteiger partial charge in [-0.2, -0.15) is 0 Å². The van der Waals surface area contributed by atoms with Gasteiger partial charge in [-0.05, 0) is 90.6 Å². The molecule has 36 heavy (non-hydrogen) atoms. The van der Waals surface area contributed by atoms with Crippen LogP contribution in [0.4, 0.5) is 0 Å². The molecule has 0 aromatic heterocycles. The summed E-state index contributed by atoms with van der Waals surface area (Å²) in [5, 5.41) is 13.8. The molecule has 2 N–H and O–H groups in total. The lowest BCUT2D eigenvalue weighted by molar-refractivity contribution is -0.123. The monoisotopic (exact) mass is 507 g/mol. The Hall–Kier alpha value is -3.13. The average molecular weight is 508 g/mol. The summed E-state index contributed by atoms with van der Waals surface area (Å²) >= 11 is 0. The van der Waals surface area contributed by atoms with Gasteiger partial charge in [-0.25, -0.2) is 4.79 Å². The minimum atomic E-state index is -0.326. The van der Waals surface area contributed by atoms with Crippen LogP contribution >= 0.6 is 0 Å². The van der Waals surface area contributed by atoms with E-state index in [2.05, 4.69) is 57.7 Å². The molecule has 0 aliphatic rings. The molecule has 1 aromatic carbocycles. The maximum absolute atomic E-state index is 11.5. The summed E-state index contributed by atoms with van der Waals surface area (Å²) in [6, 6.07) is 7.11. The van der Waals surface area contributed by atoms with Crippen molar-refractivity contribution >= 4 is 18.9 Å². The predicted molar refractivity (Wildman–Crippen MR) is 144 cm³/mol. The van der Waals surface area contributed by atoms with Crippen molar-refractivity contribution in [2.75, 3.05) is 26.8 Å². The molecule has 8 heteroatoms. The molecule has 0 heterocycles. The molecule has 0 aliphatic carbocycles. The minimum absolute atomic E-state index is 0.172. The van der Waals surface area contributed by atoms with Gasteiger partial charge in [0.05, 0.1) is 19.3 Å². The Morgan fingerprint density at radius 2 is 1.58 bits per heavy atom. The molecule has 0 saturated carbocycles. The van der Waals surface area contributed by atoms with Crippen LogP contribution in [-0.2, 0) is 14.3 Å². The van der Waals surface area contributed by atoms with E-state index >= 15 is 0 Å². The normalized spacial score (nSPS) is 11.1. The first-order chi connectivity index (χ1) is 17.1. The second-order valence-corrected chi connectivity index (χ2v) is 8.73. The van der Waals surface area contributed by atoms with E-state index in [0.29, 0.717) is 12.2 Å². The highest BCUT2D eigenvalue weighted by molar-refractivity contribution is 5.89. The standard InChI is InChI=1S/C26H41NO3.2CH2O2/c1-7-12-22(13-8-2)18-20-27(26(3,4)5)19-10-9-11-21-30-24-16-14-23(15-17-24)25(28)29-6;2*2-1-3/h7,12-17H,8-11,18-21H2,1-6H3;2*1H,(H,2,3)/b12-7-,22-13+;;. The highest BCUT2D eigenvalue weighted by Gasteiger charge is 2.20. The fourth-order valence-electron chi connectivity index (χ4n) is 3.35. The summed E-state index contributed by atoms with van der Waals surface area (Å²) in [5.74, 6) is 0.464. The zero-order valence-corrected chi connectivity index (χ0v) is 22.7. The summed E-state index contributed by atoms with van der Waals surface area (Å²) in [5.41, 5.74) is 2.14. The SMILES string of the molecule is C/C=C\C(=C/CC)CCN(CCCCCOc1ccc(C(=O)OC)cc1)C(C)(C)C.O=CO.O=CO. The molecular weight excluding hydrogens is 462 g/mol. The molecule has 0 aliphatic heterocycles. The fraction of sp³-hybridized carbons (Fsp3) is 0.536. The predicted octanol–water partition coefficient (Wildman–Crippen LogP) is 5.83. The Balaban J connectivity index is 0. The third-order valence-corrected chi connectivity index (χ3v) is 5.08. The van der Waals surface area contributed by atoms with E-state index in [1.807, 2.05) is 12.1 Å². The Bertz CT molecular complexity index is 759. The molecule has 0 bridgehead atoms. The van der Waals surface area contributed by atoms with Gasteiger partial charge in [0.1, 0.15) is 5.75 Å². The van der Waals surface area contributed by atoms with Crippen molar-refractivity contribution in [1.29, 1.82) is 0 Å². The molecule has 0 atom stereocenters. The third-order valence-electron chi connectivity index (χ3n) is 5.08. The first-order valence-corrected chi connectivity index (χ1v) is 12.2. The number of unbranched alkanes of at least 4 members (excludes halogenated alkanes) is 2. The van der Waals surface area contributed by atoms with Gasteiger partial charge in [0.15, 0.2) is 0 Å². The minimum Gasteiger partial charge on any atom is -0.494 e. The number of hydrogen-bond donors (Lipinski definition) is 2. The lowest BCUT2D eigenvalue weighted by atomic mass is 10.0. The summed E-state index contributed by atoms with van der Waals surface area (Å²) in [7, 11) is 1.39. The summed E-state index contributed by atoms with van der Waals surface area (Å²) in [6.45, 7) is 13.6. The van der Waals surface area contributed by atoms with Gasteiger partial charge in [-0.15, -0.1) is 0 Å². The Kier molecular flexibility index (Phi) is 21.7. The van der Waals surface area contributed by atoms with Gasteiger partial charge in [0.25, 0.3) is 12.9 Å². The molecule has 204 valence electrons. The smallest absolute Gasteiger partial charge is 0.337 e. The van der Waals surface area contributed by atoms with Crippen molar-refractivity contribution in [2.45, 2.75) is 72.3 Å². The highest BCUT2D eigenvalue weighted by atomic mass is 16.5. The van der Waals surface area contributed by atoms with E-state index in [1.165, 1.54) is 19.1 Å². The number of hydrogen-bond acceptors (Lipinski definition) is 6. The number of ether oxygens (including phenoxy) is 2. The van der Waals surface area contributed by atoms with Crippen molar-refractivity contribution in [3.8, 4) is 5.75 Å². The second kappa shape index (κ2) is 22.3. The molecule has 8 nitrogen and oxygen atoms in total. The van der Waals surface area contributed by atoms with Gasteiger partial charge in [0.2, 0.25) is 0 Å². The molecule has 0 amide bonds. The lowest BCUT2D eigenvalue weighted by Gasteiger charge is -2.36. The van der Waals surface area contributed by atoms with Crippen LogP contribution in [-0.4, -0.2) is 66.4 Å². The maximum atomic E-state index is 11.5. The van der Waals surface area contributed by atoms with E-state index in [1.54, 1.807) is 12.1 Å². The Morgan fingerprint density at radius 1 is 1.00 bits per heavy atom. The number of rotatable bonds is 13. The number of carboxylic acid groups (broad SMARTS) is 2.